The number of hydrogen-bond acceptors (Lipinski definition) is 1. The molecule has 0 aliphatic rings. The second-order valence-corrected chi connectivity index (χ2v) is 7.95. The van der Waals surface area contributed by atoms with Crippen LogP contribution in [0.5, 0.6) is 0 Å². The standard InChI is InChI=1S/C28H27FN2O/c1-2-22-13-15-25(16-14-22)28(32)31(19-23-8-4-3-5-9-23)21-27-12-7-17-30(27)20-24-10-6-11-26(29)18-24/h3-18H,2,19-21H2,1H3. The van der Waals surface area contributed by atoms with Crippen LogP contribution in [0, 0.1) is 5.82 Å². The lowest BCUT2D eigenvalue weighted by molar-refractivity contribution is 0.0726. The second-order valence-electron chi connectivity index (χ2n) is 7.95. The quantitative estimate of drug-likeness (QED) is 0.335. The van der Waals surface area contributed by atoms with E-state index in [0.29, 0.717) is 25.2 Å². The van der Waals surface area contributed by atoms with Gasteiger partial charge in [0.2, 0.25) is 0 Å². The van der Waals surface area contributed by atoms with Crippen LogP contribution < -0.4 is 0 Å². The highest BCUT2D eigenvalue weighted by atomic mass is 19.1. The minimum absolute atomic E-state index is 0.00462. The number of hydrogen-bond donors (Lipinski definition) is 0. The molecule has 0 fully saturated rings. The summed E-state index contributed by atoms with van der Waals surface area (Å²) in [5.74, 6) is -0.248. The number of rotatable bonds is 8. The maximum Gasteiger partial charge on any atom is 0.254 e. The van der Waals surface area contributed by atoms with Gasteiger partial charge in [0.05, 0.1) is 6.54 Å². The zero-order valence-electron chi connectivity index (χ0n) is 18.2. The van der Waals surface area contributed by atoms with Crippen LogP contribution in [0.1, 0.15) is 39.7 Å². The minimum Gasteiger partial charge on any atom is -0.345 e. The molecule has 0 N–H and O–H groups in total. The van der Waals surface area contributed by atoms with Crippen LogP contribution in [0.4, 0.5) is 4.39 Å². The number of carbonyl (C=O) groups excluding carboxylic acids is 1. The average molecular weight is 427 g/mol. The molecule has 0 unspecified atom stereocenters. The van der Waals surface area contributed by atoms with E-state index in [0.717, 1.165) is 23.2 Å². The molecule has 162 valence electrons. The largest absolute Gasteiger partial charge is 0.345 e. The first-order valence-corrected chi connectivity index (χ1v) is 10.9. The number of amides is 1. The van der Waals surface area contributed by atoms with Gasteiger partial charge in [-0.3, -0.25) is 4.79 Å². The fourth-order valence-corrected chi connectivity index (χ4v) is 3.84. The molecule has 3 nitrogen and oxygen atoms in total. The van der Waals surface area contributed by atoms with Crippen molar-refractivity contribution in [3.63, 3.8) is 0 Å². The van der Waals surface area contributed by atoms with Gasteiger partial charge in [0, 0.05) is 30.5 Å². The van der Waals surface area contributed by atoms with E-state index in [1.165, 1.54) is 11.6 Å². The Bertz CT molecular complexity index is 1170. The Hall–Kier alpha value is -3.66. The zero-order valence-corrected chi connectivity index (χ0v) is 18.2. The molecule has 4 heteroatoms. The lowest BCUT2D eigenvalue weighted by Crippen LogP contribution is -2.31. The molecular weight excluding hydrogens is 399 g/mol. The highest BCUT2D eigenvalue weighted by Crippen LogP contribution is 2.17. The van der Waals surface area contributed by atoms with E-state index in [-0.39, 0.29) is 11.7 Å². The minimum atomic E-state index is -0.243. The Labute approximate surface area is 188 Å². The molecular formula is C28H27FN2O. The van der Waals surface area contributed by atoms with Gasteiger partial charge in [0.15, 0.2) is 0 Å². The number of benzene rings is 3. The highest BCUT2D eigenvalue weighted by molar-refractivity contribution is 5.94. The fourth-order valence-electron chi connectivity index (χ4n) is 3.84. The average Bonchev–Trinajstić information content (AvgIpc) is 3.25. The molecule has 0 saturated heterocycles. The number of aromatic nitrogens is 1. The summed E-state index contributed by atoms with van der Waals surface area (Å²) >= 11 is 0. The molecule has 0 aliphatic heterocycles. The van der Waals surface area contributed by atoms with Crippen molar-refractivity contribution < 1.29 is 9.18 Å². The van der Waals surface area contributed by atoms with E-state index in [9.17, 15) is 9.18 Å². The van der Waals surface area contributed by atoms with Crippen LogP contribution >= 0.6 is 0 Å². The van der Waals surface area contributed by atoms with E-state index in [1.807, 2.05) is 83.9 Å². The van der Waals surface area contributed by atoms with Crippen LogP contribution in [0.25, 0.3) is 0 Å². The smallest absolute Gasteiger partial charge is 0.254 e. The van der Waals surface area contributed by atoms with Gasteiger partial charge in [-0.25, -0.2) is 4.39 Å². The Morgan fingerprint density at radius 1 is 0.812 bits per heavy atom. The van der Waals surface area contributed by atoms with E-state index in [1.54, 1.807) is 12.1 Å². The summed E-state index contributed by atoms with van der Waals surface area (Å²) in [6.45, 7) is 3.63. The van der Waals surface area contributed by atoms with E-state index in [4.69, 9.17) is 0 Å². The molecule has 1 heterocycles. The van der Waals surface area contributed by atoms with E-state index < -0.39 is 0 Å². The number of nitrogens with zero attached hydrogens (tertiary/aromatic N) is 2. The Kier molecular flexibility index (Phi) is 6.81. The van der Waals surface area contributed by atoms with Crippen molar-refractivity contribution in [2.75, 3.05) is 0 Å². The maximum atomic E-state index is 13.6. The Balaban J connectivity index is 1.59. The lowest BCUT2D eigenvalue weighted by Gasteiger charge is -2.24. The number of aryl methyl sites for hydroxylation is 1. The van der Waals surface area contributed by atoms with Gasteiger partial charge in [-0.05, 0) is 59.5 Å². The normalized spacial score (nSPS) is 10.8. The second kappa shape index (κ2) is 10.1. The first-order valence-electron chi connectivity index (χ1n) is 10.9. The Morgan fingerprint density at radius 2 is 1.56 bits per heavy atom. The summed E-state index contributed by atoms with van der Waals surface area (Å²) in [7, 11) is 0. The van der Waals surface area contributed by atoms with E-state index >= 15 is 0 Å². The molecule has 1 aromatic heterocycles. The first-order chi connectivity index (χ1) is 15.6. The predicted molar refractivity (Wildman–Crippen MR) is 126 cm³/mol. The molecule has 4 aromatic rings. The van der Waals surface area contributed by atoms with Crippen molar-refractivity contribution in [1.82, 2.24) is 9.47 Å². The third kappa shape index (κ3) is 5.33. The molecule has 0 spiro atoms. The van der Waals surface area contributed by atoms with E-state index in [2.05, 4.69) is 11.5 Å². The Morgan fingerprint density at radius 3 is 2.28 bits per heavy atom. The highest BCUT2D eigenvalue weighted by Gasteiger charge is 2.18. The molecule has 0 atom stereocenters. The van der Waals surface area contributed by atoms with Crippen molar-refractivity contribution >= 4 is 5.91 Å². The van der Waals surface area contributed by atoms with Crippen molar-refractivity contribution in [1.29, 1.82) is 0 Å². The predicted octanol–water partition coefficient (Wildman–Crippen LogP) is 6.08. The summed E-state index contributed by atoms with van der Waals surface area (Å²) < 4.78 is 15.7. The zero-order chi connectivity index (χ0) is 22.3. The molecule has 3 aromatic carbocycles. The topological polar surface area (TPSA) is 25.2 Å². The molecule has 4 rings (SSSR count). The fraction of sp³-hybridized carbons (Fsp3) is 0.179. The molecule has 0 radical (unpaired) electrons. The SMILES string of the molecule is CCc1ccc(C(=O)N(Cc2ccccc2)Cc2cccn2Cc2cccc(F)c2)cc1. The van der Waals surface area contributed by atoms with Gasteiger partial charge in [0.25, 0.3) is 5.91 Å². The van der Waals surface area contributed by atoms with Crippen LogP contribution in [0.2, 0.25) is 0 Å². The van der Waals surface area contributed by atoms with Crippen molar-refractivity contribution in [3.05, 3.63) is 131 Å². The van der Waals surface area contributed by atoms with Crippen molar-refractivity contribution in [2.24, 2.45) is 0 Å². The molecule has 1 amide bonds. The number of halogens is 1. The van der Waals surface area contributed by atoms with Gasteiger partial charge in [-0.2, -0.15) is 0 Å². The summed E-state index contributed by atoms with van der Waals surface area (Å²) in [5, 5.41) is 0. The van der Waals surface area contributed by atoms with Crippen LogP contribution in [-0.4, -0.2) is 15.4 Å². The third-order valence-electron chi connectivity index (χ3n) is 5.63. The summed E-state index contributed by atoms with van der Waals surface area (Å²) in [5.41, 5.74) is 4.86. The first kappa shape index (κ1) is 21.6. The van der Waals surface area contributed by atoms with Gasteiger partial charge < -0.3 is 9.47 Å². The molecule has 0 aliphatic carbocycles. The lowest BCUT2D eigenvalue weighted by atomic mass is 10.1. The molecule has 0 saturated carbocycles. The van der Waals surface area contributed by atoms with Crippen LogP contribution in [0.15, 0.2) is 97.2 Å². The third-order valence-corrected chi connectivity index (χ3v) is 5.63. The summed E-state index contributed by atoms with van der Waals surface area (Å²) in [6, 6.07) is 28.5. The van der Waals surface area contributed by atoms with Crippen molar-refractivity contribution in [2.45, 2.75) is 33.0 Å². The molecule has 0 bridgehead atoms. The van der Waals surface area contributed by atoms with Crippen LogP contribution in [-0.2, 0) is 26.1 Å². The monoisotopic (exact) mass is 426 g/mol. The van der Waals surface area contributed by atoms with Gasteiger partial charge in [-0.1, -0.05) is 61.5 Å². The maximum absolute atomic E-state index is 13.6. The van der Waals surface area contributed by atoms with Crippen molar-refractivity contribution in [3.8, 4) is 0 Å². The number of carbonyl (C=O) groups is 1. The molecule has 32 heavy (non-hydrogen) atoms. The summed E-state index contributed by atoms with van der Waals surface area (Å²) in [6.07, 6.45) is 2.91. The summed E-state index contributed by atoms with van der Waals surface area (Å²) in [4.78, 5) is 15.3. The van der Waals surface area contributed by atoms with Gasteiger partial charge >= 0.3 is 0 Å². The van der Waals surface area contributed by atoms with Gasteiger partial charge in [-0.15, -0.1) is 0 Å². The van der Waals surface area contributed by atoms with Gasteiger partial charge in [0.1, 0.15) is 5.82 Å². The van der Waals surface area contributed by atoms with Crippen LogP contribution in [0.3, 0.4) is 0 Å².